The van der Waals surface area contributed by atoms with Gasteiger partial charge >= 0.3 is 5.97 Å². The van der Waals surface area contributed by atoms with Gasteiger partial charge in [-0.15, -0.1) is 5.73 Å². The molecule has 4 heteroatoms. The molecule has 0 radical (unpaired) electrons. The maximum absolute atomic E-state index is 11.5. The zero-order chi connectivity index (χ0) is 15.1. The Kier molecular flexibility index (Phi) is 6.04. The quantitative estimate of drug-likeness (QED) is 0.510. The van der Waals surface area contributed by atoms with Crippen LogP contribution in [0, 0.1) is 0 Å². The van der Waals surface area contributed by atoms with Crippen molar-refractivity contribution in [3.8, 4) is 5.75 Å². The standard InChI is InChI=1S/C16H20O4/c1-5-20-16(18)12(3)10-11(2)15(17)13-6-8-14(19-4)9-7-13/h6-9,15,17H,5H2,1-4H3. The Hall–Kier alpha value is -2.03. The zero-order valence-corrected chi connectivity index (χ0v) is 12.3. The summed E-state index contributed by atoms with van der Waals surface area (Å²) in [6.45, 7) is 5.39. The molecular weight excluding hydrogens is 256 g/mol. The van der Waals surface area contributed by atoms with Crippen LogP contribution in [-0.4, -0.2) is 24.8 Å². The lowest BCUT2D eigenvalue weighted by Crippen LogP contribution is -2.05. The molecule has 1 N–H and O–H groups in total. The number of hydrogen-bond acceptors (Lipinski definition) is 4. The molecule has 0 saturated carbocycles. The molecule has 0 aliphatic rings. The van der Waals surface area contributed by atoms with Gasteiger partial charge < -0.3 is 14.6 Å². The number of benzene rings is 1. The Morgan fingerprint density at radius 1 is 1.30 bits per heavy atom. The van der Waals surface area contributed by atoms with Crippen LogP contribution in [0.2, 0.25) is 0 Å². The molecule has 0 fully saturated rings. The minimum Gasteiger partial charge on any atom is -0.497 e. The van der Waals surface area contributed by atoms with Crippen molar-refractivity contribution in [1.29, 1.82) is 0 Å². The van der Waals surface area contributed by atoms with E-state index in [1.54, 1.807) is 52.1 Å². The minimum absolute atomic E-state index is 0.317. The number of aliphatic hydroxyl groups excluding tert-OH is 1. The molecule has 1 atom stereocenters. The number of esters is 1. The predicted octanol–water partition coefficient (Wildman–Crippen LogP) is 2.78. The van der Waals surface area contributed by atoms with E-state index >= 15 is 0 Å². The van der Waals surface area contributed by atoms with E-state index in [2.05, 4.69) is 5.73 Å². The average Bonchev–Trinajstić information content (AvgIpc) is 2.46. The van der Waals surface area contributed by atoms with Crippen molar-refractivity contribution in [1.82, 2.24) is 0 Å². The normalized spacial score (nSPS) is 11.2. The van der Waals surface area contributed by atoms with Crippen LogP contribution in [0.15, 0.2) is 41.1 Å². The Morgan fingerprint density at radius 2 is 1.90 bits per heavy atom. The molecule has 0 amide bonds. The Morgan fingerprint density at radius 3 is 2.40 bits per heavy atom. The highest BCUT2D eigenvalue weighted by Gasteiger charge is 2.11. The Labute approximate surface area is 119 Å². The monoisotopic (exact) mass is 276 g/mol. The van der Waals surface area contributed by atoms with Crippen molar-refractivity contribution in [3.05, 3.63) is 46.7 Å². The van der Waals surface area contributed by atoms with E-state index in [1.165, 1.54) is 0 Å². The highest BCUT2D eigenvalue weighted by atomic mass is 16.5. The number of aliphatic hydroxyl groups is 1. The van der Waals surface area contributed by atoms with Gasteiger partial charge in [-0.05, 0) is 38.5 Å². The van der Waals surface area contributed by atoms with Crippen LogP contribution < -0.4 is 4.74 Å². The van der Waals surface area contributed by atoms with Crippen molar-refractivity contribution in [2.24, 2.45) is 0 Å². The van der Waals surface area contributed by atoms with Gasteiger partial charge in [-0.2, -0.15) is 0 Å². The molecule has 1 unspecified atom stereocenters. The van der Waals surface area contributed by atoms with E-state index in [1.807, 2.05) is 0 Å². The van der Waals surface area contributed by atoms with Gasteiger partial charge in [0.2, 0.25) is 0 Å². The number of ether oxygens (including phenoxy) is 2. The summed E-state index contributed by atoms with van der Waals surface area (Å²) in [7, 11) is 1.59. The van der Waals surface area contributed by atoms with Gasteiger partial charge in [-0.25, -0.2) is 4.79 Å². The second kappa shape index (κ2) is 7.53. The summed E-state index contributed by atoms with van der Waals surface area (Å²) in [5.74, 6) is 0.301. The first kappa shape index (κ1) is 16.0. The van der Waals surface area contributed by atoms with Crippen molar-refractivity contribution < 1.29 is 19.4 Å². The Balaban J connectivity index is 2.97. The fourth-order valence-electron chi connectivity index (χ4n) is 1.69. The lowest BCUT2D eigenvalue weighted by Gasteiger charge is -2.11. The minimum atomic E-state index is -0.815. The molecule has 0 bridgehead atoms. The van der Waals surface area contributed by atoms with Crippen LogP contribution in [0.25, 0.3) is 0 Å². The van der Waals surface area contributed by atoms with Gasteiger partial charge in [-0.3, -0.25) is 0 Å². The van der Waals surface area contributed by atoms with E-state index in [-0.39, 0.29) is 0 Å². The molecule has 1 aromatic rings. The summed E-state index contributed by atoms with van der Waals surface area (Å²) < 4.78 is 9.93. The number of hydrogen-bond donors (Lipinski definition) is 1. The third-order valence-corrected chi connectivity index (χ3v) is 2.81. The molecule has 0 spiro atoms. The second-order valence-corrected chi connectivity index (χ2v) is 4.33. The number of carbonyl (C=O) groups excluding carboxylic acids is 1. The van der Waals surface area contributed by atoms with Gasteiger partial charge in [0.05, 0.1) is 19.3 Å². The fraction of sp³-hybridized carbons (Fsp3) is 0.375. The highest BCUT2D eigenvalue weighted by molar-refractivity contribution is 5.87. The van der Waals surface area contributed by atoms with Crippen LogP contribution in [-0.2, 0) is 9.53 Å². The molecule has 0 aliphatic heterocycles. The maximum Gasteiger partial charge on any atom is 0.341 e. The molecule has 108 valence electrons. The van der Waals surface area contributed by atoms with E-state index in [0.29, 0.717) is 23.3 Å². The first-order valence-electron chi connectivity index (χ1n) is 6.42. The van der Waals surface area contributed by atoms with Gasteiger partial charge in [-0.1, -0.05) is 12.1 Å². The summed E-state index contributed by atoms with van der Waals surface area (Å²) in [5.41, 5.74) is 4.48. The molecule has 4 nitrogen and oxygen atoms in total. The average molecular weight is 276 g/mol. The second-order valence-electron chi connectivity index (χ2n) is 4.33. The van der Waals surface area contributed by atoms with E-state index in [0.717, 1.165) is 5.75 Å². The van der Waals surface area contributed by atoms with Crippen molar-refractivity contribution >= 4 is 5.97 Å². The predicted molar refractivity (Wildman–Crippen MR) is 76.5 cm³/mol. The molecule has 0 aliphatic carbocycles. The van der Waals surface area contributed by atoms with Crippen LogP contribution >= 0.6 is 0 Å². The lowest BCUT2D eigenvalue weighted by molar-refractivity contribution is -0.138. The lowest BCUT2D eigenvalue weighted by atomic mass is 10.0. The molecule has 0 heterocycles. The van der Waals surface area contributed by atoms with E-state index in [4.69, 9.17) is 9.47 Å². The summed E-state index contributed by atoms with van der Waals surface area (Å²) in [6, 6.07) is 7.09. The van der Waals surface area contributed by atoms with Crippen molar-refractivity contribution in [2.45, 2.75) is 26.9 Å². The van der Waals surface area contributed by atoms with Crippen molar-refractivity contribution in [2.75, 3.05) is 13.7 Å². The topological polar surface area (TPSA) is 55.8 Å². The van der Waals surface area contributed by atoms with Crippen LogP contribution in [0.1, 0.15) is 32.4 Å². The molecule has 0 saturated heterocycles. The first-order valence-corrected chi connectivity index (χ1v) is 6.42. The molecular formula is C16H20O4. The smallest absolute Gasteiger partial charge is 0.341 e. The summed E-state index contributed by atoms with van der Waals surface area (Å²) >= 11 is 0. The molecule has 20 heavy (non-hydrogen) atoms. The highest BCUT2D eigenvalue weighted by Crippen LogP contribution is 2.23. The summed E-state index contributed by atoms with van der Waals surface area (Å²) in [5, 5.41) is 10.2. The van der Waals surface area contributed by atoms with E-state index in [9.17, 15) is 9.90 Å². The maximum atomic E-state index is 11.5. The van der Waals surface area contributed by atoms with Crippen LogP contribution in [0.5, 0.6) is 5.75 Å². The third-order valence-electron chi connectivity index (χ3n) is 2.81. The summed E-state index contributed by atoms with van der Waals surface area (Å²) in [4.78, 5) is 11.5. The molecule has 1 rings (SSSR count). The van der Waals surface area contributed by atoms with E-state index < -0.39 is 12.1 Å². The van der Waals surface area contributed by atoms with Gasteiger partial charge in [0.25, 0.3) is 0 Å². The molecule has 0 aromatic heterocycles. The molecule has 1 aromatic carbocycles. The van der Waals surface area contributed by atoms with Gasteiger partial charge in [0.15, 0.2) is 0 Å². The van der Waals surface area contributed by atoms with Crippen molar-refractivity contribution in [3.63, 3.8) is 0 Å². The fourth-order valence-corrected chi connectivity index (χ4v) is 1.69. The SMILES string of the molecule is CCOC(=O)C(C)=C=C(C)C(O)c1ccc(OC)cc1. The Bertz CT molecular complexity index is 522. The van der Waals surface area contributed by atoms with Gasteiger partial charge in [0, 0.05) is 5.57 Å². The number of methoxy groups -OCH3 is 1. The summed E-state index contributed by atoms with van der Waals surface area (Å²) in [6.07, 6.45) is -0.815. The zero-order valence-electron chi connectivity index (χ0n) is 12.3. The third kappa shape index (κ3) is 4.26. The first-order chi connectivity index (χ1) is 9.49. The largest absolute Gasteiger partial charge is 0.497 e. The number of carbonyl (C=O) groups is 1. The number of rotatable bonds is 5. The van der Waals surface area contributed by atoms with Crippen LogP contribution in [0.4, 0.5) is 0 Å². The van der Waals surface area contributed by atoms with Crippen LogP contribution in [0.3, 0.4) is 0 Å². The van der Waals surface area contributed by atoms with Gasteiger partial charge in [0.1, 0.15) is 11.9 Å².